The largest absolute Gasteiger partial charge is 0.374 e. The number of aromatic nitrogens is 3. The van der Waals surface area contributed by atoms with Crippen molar-refractivity contribution in [1.82, 2.24) is 19.9 Å². The molecule has 0 spiro atoms. The summed E-state index contributed by atoms with van der Waals surface area (Å²) in [6.45, 7) is 4.58. The predicted molar refractivity (Wildman–Crippen MR) is 97.3 cm³/mol. The molecule has 6 heteroatoms. The minimum Gasteiger partial charge on any atom is -0.374 e. The number of carbonyl (C=O) groups excluding carboxylic acids is 1. The SMILES string of the molecule is CCC(=O)N1CCc2c(nnn2CC2CC2)[C@@H]1COCc1ccccc1. The van der Waals surface area contributed by atoms with Crippen LogP contribution in [-0.2, 0) is 29.1 Å². The zero-order chi connectivity index (χ0) is 17.9. The van der Waals surface area contributed by atoms with Gasteiger partial charge in [0.25, 0.3) is 0 Å². The van der Waals surface area contributed by atoms with Gasteiger partial charge in [-0.05, 0) is 24.3 Å². The van der Waals surface area contributed by atoms with Crippen LogP contribution in [0.1, 0.15) is 49.2 Å². The van der Waals surface area contributed by atoms with E-state index in [9.17, 15) is 4.79 Å². The molecule has 2 heterocycles. The Morgan fingerprint density at radius 3 is 2.81 bits per heavy atom. The molecule has 2 aromatic rings. The van der Waals surface area contributed by atoms with Gasteiger partial charge in [-0.2, -0.15) is 0 Å². The van der Waals surface area contributed by atoms with Crippen molar-refractivity contribution in [1.29, 1.82) is 0 Å². The maximum Gasteiger partial charge on any atom is 0.222 e. The van der Waals surface area contributed by atoms with Gasteiger partial charge in [-0.15, -0.1) is 5.10 Å². The monoisotopic (exact) mass is 354 g/mol. The molecule has 1 aromatic heterocycles. The molecule has 1 amide bonds. The van der Waals surface area contributed by atoms with Crippen molar-refractivity contribution in [2.24, 2.45) is 5.92 Å². The van der Waals surface area contributed by atoms with E-state index in [1.807, 2.05) is 42.2 Å². The number of ether oxygens (including phenoxy) is 1. The standard InChI is InChI=1S/C20H26N4O2/c1-2-19(25)23-11-10-17-20(21-22-24(17)12-15-8-9-15)18(23)14-26-13-16-6-4-3-5-7-16/h3-7,15,18H,2,8-14H2,1H3/t18-/m0/s1. The molecule has 138 valence electrons. The third-order valence-electron chi connectivity index (χ3n) is 5.29. The van der Waals surface area contributed by atoms with Crippen LogP contribution in [0.2, 0.25) is 0 Å². The van der Waals surface area contributed by atoms with E-state index in [0.29, 0.717) is 19.6 Å². The Bertz CT molecular complexity index is 754. The van der Waals surface area contributed by atoms with Crippen molar-refractivity contribution in [3.05, 3.63) is 47.3 Å². The number of fused-ring (bicyclic) bond motifs is 1. The molecular formula is C20H26N4O2. The second kappa shape index (κ2) is 7.58. The van der Waals surface area contributed by atoms with Crippen LogP contribution < -0.4 is 0 Å². The summed E-state index contributed by atoms with van der Waals surface area (Å²) in [4.78, 5) is 14.4. The van der Waals surface area contributed by atoms with Gasteiger partial charge in [0.2, 0.25) is 5.91 Å². The van der Waals surface area contributed by atoms with E-state index < -0.39 is 0 Å². The van der Waals surface area contributed by atoms with Crippen molar-refractivity contribution < 1.29 is 9.53 Å². The first-order valence-electron chi connectivity index (χ1n) is 9.59. The van der Waals surface area contributed by atoms with E-state index in [2.05, 4.69) is 15.0 Å². The normalized spacial score (nSPS) is 19.4. The molecule has 0 radical (unpaired) electrons. The van der Waals surface area contributed by atoms with Crippen molar-refractivity contribution in [2.45, 2.75) is 51.8 Å². The number of hydrogen-bond donors (Lipinski definition) is 0. The predicted octanol–water partition coefficient (Wildman–Crippen LogP) is 2.74. The van der Waals surface area contributed by atoms with Gasteiger partial charge >= 0.3 is 0 Å². The quantitative estimate of drug-likeness (QED) is 0.767. The van der Waals surface area contributed by atoms with Gasteiger partial charge < -0.3 is 9.64 Å². The maximum absolute atomic E-state index is 12.4. The lowest BCUT2D eigenvalue weighted by Gasteiger charge is -2.34. The van der Waals surface area contributed by atoms with Crippen LogP contribution in [0.25, 0.3) is 0 Å². The highest BCUT2D eigenvalue weighted by Gasteiger charge is 2.35. The Morgan fingerprint density at radius 1 is 1.27 bits per heavy atom. The van der Waals surface area contributed by atoms with Crippen molar-refractivity contribution in [3.8, 4) is 0 Å². The summed E-state index contributed by atoms with van der Waals surface area (Å²) in [6.07, 6.45) is 3.91. The molecule has 0 bridgehead atoms. The summed E-state index contributed by atoms with van der Waals surface area (Å²) in [5.74, 6) is 0.907. The zero-order valence-corrected chi connectivity index (χ0v) is 15.3. The lowest BCUT2D eigenvalue weighted by atomic mass is 10.0. The number of hydrogen-bond acceptors (Lipinski definition) is 4. The lowest BCUT2D eigenvalue weighted by molar-refractivity contribution is -0.135. The molecule has 1 saturated carbocycles. The molecule has 0 unspecified atom stereocenters. The summed E-state index contributed by atoms with van der Waals surface area (Å²) >= 11 is 0. The summed E-state index contributed by atoms with van der Waals surface area (Å²) in [5, 5.41) is 8.84. The molecule has 1 aliphatic heterocycles. The van der Waals surface area contributed by atoms with Gasteiger partial charge in [0.1, 0.15) is 11.7 Å². The zero-order valence-electron chi connectivity index (χ0n) is 15.3. The van der Waals surface area contributed by atoms with Gasteiger partial charge in [0.15, 0.2) is 0 Å². The van der Waals surface area contributed by atoms with E-state index in [-0.39, 0.29) is 11.9 Å². The second-order valence-corrected chi connectivity index (χ2v) is 7.25. The van der Waals surface area contributed by atoms with E-state index in [0.717, 1.165) is 36.7 Å². The van der Waals surface area contributed by atoms with E-state index in [4.69, 9.17) is 4.74 Å². The highest BCUT2D eigenvalue weighted by Crippen LogP contribution is 2.33. The third kappa shape index (κ3) is 3.65. The van der Waals surface area contributed by atoms with Gasteiger partial charge in [-0.25, -0.2) is 4.68 Å². The van der Waals surface area contributed by atoms with E-state index in [1.165, 1.54) is 18.5 Å². The van der Waals surface area contributed by atoms with Crippen molar-refractivity contribution >= 4 is 5.91 Å². The molecule has 1 aliphatic carbocycles. The fourth-order valence-corrected chi connectivity index (χ4v) is 3.62. The topological polar surface area (TPSA) is 60.2 Å². The molecule has 1 atom stereocenters. The highest BCUT2D eigenvalue weighted by molar-refractivity contribution is 5.76. The maximum atomic E-state index is 12.4. The molecule has 2 aliphatic rings. The summed E-state index contributed by atoms with van der Waals surface area (Å²) in [6, 6.07) is 9.97. The van der Waals surface area contributed by atoms with Gasteiger partial charge in [0, 0.05) is 25.9 Å². The van der Waals surface area contributed by atoms with Crippen molar-refractivity contribution in [3.63, 3.8) is 0 Å². The number of amides is 1. The first-order valence-corrected chi connectivity index (χ1v) is 9.59. The highest BCUT2D eigenvalue weighted by atomic mass is 16.5. The minimum atomic E-state index is -0.136. The van der Waals surface area contributed by atoms with Gasteiger partial charge in [-0.3, -0.25) is 4.79 Å². The number of carbonyl (C=O) groups is 1. The lowest BCUT2D eigenvalue weighted by Crippen LogP contribution is -2.42. The minimum absolute atomic E-state index is 0.136. The number of benzene rings is 1. The molecule has 0 saturated heterocycles. The van der Waals surface area contributed by atoms with E-state index in [1.54, 1.807) is 0 Å². The fourth-order valence-electron chi connectivity index (χ4n) is 3.62. The summed E-state index contributed by atoms with van der Waals surface area (Å²) < 4.78 is 8.03. The Kier molecular flexibility index (Phi) is 5.02. The van der Waals surface area contributed by atoms with Gasteiger partial charge in [0.05, 0.1) is 18.9 Å². The first-order chi connectivity index (χ1) is 12.8. The molecule has 1 fully saturated rings. The van der Waals surface area contributed by atoms with Crippen LogP contribution in [0.5, 0.6) is 0 Å². The Morgan fingerprint density at radius 2 is 2.08 bits per heavy atom. The van der Waals surface area contributed by atoms with Crippen LogP contribution in [0.3, 0.4) is 0 Å². The molecule has 26 heavy (non-hydrogen) atoms. The number of rotatable bonds is 7. The van der Waals surface area contributed by atoms with Gasteiger partial charge in [-0.1, -0.05) is 42.5 Å². The molecular weight excluding hydrogens is 328 g/mol. The van der Waals surface area contributed by atoms with Crippen LogP contribution in [0.15, 0.2) is 30.3 Å². The third-order valence-corrected chi connectivity index (χ3v) is 5.29. The van der Waals surface area contributed by atoms with Crippen LogP contribution >= 0.6 is 0 Å². The Balaban J connectivity index is 1.50. The average molecular weight is 354 g/mol. The summed E-state index contributed by atoms with van der Waals surface area (Å²) in [5.41, 5.74) is 3.24. The average Bonchev–Trinajstić information content (AvgIpc) is 3.40. The summed E-state index contributed by atoms with van der Waals surface area (Å²) in [7, 11) is 0. The Hall–Kier alpha value is -2.21. The molecule has 6 nitrogen and oxygen atoms in total. The molecule has 0 N–H and O–H groups in total. The number of nitrogens with zero attached hydrogens (tertiary/aromatic N) is 4. The van der Waals surface area contributed by atoms with Crippen LogP contribution in [0.4, 0.5) is 0 Å². The second-order valence-electron chi connectivity index (χ2n) is 7.25. The van der Waals surface area contributed by atoms with Crippen LogP contribution in [0, 0.1) is 5.92 Å². The molecule has 4 rings (SSSR count). The van der Waals surface area contributed by atoms with Crippen molar-refractivity contribution in [2.75, 3.05) is 13.2 Å². The Labute approximate surface area is 154 Å². The molecule has 1 aromatic carbocycles. The van der Waals surface area contributed by atoms with E-state index >= 15 is 0 Å². The fraction of sp³-hybridized carbons (Fsp3) is 0.550. The van der Waals surface area contributed by atoms with Crippen LogP contribution in [-0.4, -0.2) is 39.0 Å². The first kappa shape index (κ1) is 17.2. The smallest absolute Gasteiger partial charge is 0.222 e.